The molecule has 0 amide bonds. The van der Waals surface area contributed by atoms with E-state index in [1.165, 1.54) is 17.6 Å². The summed E-state index contributed by atoms with van der Waals surface area (Å²) in [6.07, 6.45) is 1.49. The van der Waals surface area contributed by atoms with Crippen molar-refractivity contribution >= 4 is 29.5 Å². The van der Waals surface area contributed by atoms with Crippen LogP contribution in [-0.2, 0) is 0 Å². The SMILES string of the molecule is NC(N)=NN=Cc1ccc(OC(=O)c2cccs2)cc1. The van der Waals surface area contributed by atoms with Gasteiger partial charge >= 0.3 is 5.97 Å². The highest BCUT2D eigenvalue weighted by Crippen LogP contribution is 2.16. The third-order valence-corrected chi connectivity index (χ3v) is 3.04. The largest absolute Gasteiger partial charge is 0.422 e. The topological polar surface area (TPSA) is 103 Å². The molecule has 7 heteroatoms. The number of nitrogens with zero attached hydrogens (tertiary/aromatic N) is 2. The number of thiophene rings is 1. The highest BCUT2D eigenvalue weighted by Gasteiger charge is 2.08. The fourth-order valence-corrected chi connectivity index (χ4v) is 1.93. The Kier molecular flexibility index (Phi) is 4.46. The lowest BCUT2D eigenvalue weighted by Gasteiger charge is -2.02. The van der Waals surface area contributed by atoms with Gasteiger partial charge in [0, 0.05) is 0 Å². The van der Waals surface area contributed by atoms with E-state index in [2.05, 4.69) is 10.2 Å². The van der Waals surface area contributed by atoms with Crippen molar-refractivity contribution in [1.29, 1.82) is 0 Å². The Morgan fingerprint density at radius 1 is 1.20 bits per heavy atom. The minimum atomic E-state index is -0.373. The number of esters is 1. The minimum Gasteiger partial charge on any atom is -0.422 e. The second kappa shape index (κ2) is 6.48. The van der Waals surface area contributed by atoms with Gasteiger partial charge in [0.2, 0.25) is 5.96 Å². The van der Waals surface area contributed by atoms with E-state index in [0.29, 0.717) is 10.6 Å². The number of nitrogens with two attached hydrogens (primary N) is 2. The molecule has 0 atom stereocenters. The van der Waals surface area contributed by atoms with Crippen molar-refractivity contribution in [2.45, 2.75) is 0 Å². The van der Waals surface area contributed by atoms with Gasteiger partial charge in [0.1, 0.15) is 10.6 Å². The van der Waals surface area contributed by atoms with Gasteiger partial charge in [0.25, 0.3) is 0 Å². The molecule has 4 N–H and O–H groups in total. The molecular formula is C13H12N4O2S. The predicted molar refractivity (Wildman–Crippen MR) is 79.1 cm³/mol. The Hall–Kier alpha value is -2.67. The second-order valence-electron chi connectivity index (χ2n) is 3.71. The molecule has 0 bridgehead atoms. The van der Waals surface area contributed by atoms with Crippen LogP contribution in [0.2, 0.25) is 0 Å². The Morgan fingerprint density at radius 3 is 2.55 bits per heavy atom. The molecule has 102 valence electrons. The quantitative estimate of drug-likeness (QED) is 0.293. The summed E-state index contributed by atoms with van der Waals surface area (Å²) >= 11 is 1.33. The van der Waals surface area contributed by atoms with Gasteiger partial charge in [0.15, 0.2) is 0 Å². The molecule has 0 aliphatic heterocycles. The summed E-state index contributed by atoms with van der Waals surface area (Å²) in [5, 5.41) is 8.98. The molecule has 0 saturated carbocycles. The van der Waals surface area contributed by atoms with Gasteiger partial charge in [-0.15, -0.1) is 16.4 Å². The number of hydrogen-bond donors (Lipinski definition) is 2. The number of benzene rings is 1. The predicted octanol–water partition coefficient (Wildman–Crippen LogP) is 1.57. The molecular weight excluding hydrogens is 276 g/mol. The molecule has 0 spiro atoms. The van der Waals surface area contributed by atoms with Gasteiger partial charge in [-0.2, -0.15) is 5.10 Å². The van der Waals surface area contributed by atoms with Crippen molar-refractivity contribution in [2.24, 2.45) is 21.7 Å². The van der Waals surface area contributed by atoms with Gasteiger partial charge in [-0.1, -0.05) is 6.07 Å². The van der Waals surface area contributed by atoms with Gasteiger partial charge < -0.3 is 16.2 Å². The molecule has 0 radical (unpaired) electrons. The van der Waals surface area contributed by atoms with Crippen LogP contribution in [0.25, 0.3) is 0 Å². The van der Waals surface area contributed by atoms with Crippen molar-refractivity contribution in [1.82, 2.24) is 0 Å². The highest BCUT2D eigenvalue weighted by atomic mass is 32.1. The average molecular weight is 288 g/mol. The normalized spacial score (nSPS) is 10.4. The van der Waals surface area contributed by atoms with Crippen LogP contribution in [0.3, 0.4) is 0 Å². The Balaban J connectivity index is 2.00. The number of rotatable bonds is 4. The number of carbonyl (C=O) groups is 1. The van der Waals surface area contributed by atoms with E-state index >= 15 is 0 Å². The van der Waals surface area contributed by atoms with Crippen LogP contribution in [0.1, 0.15) is 15.2 Å². The van der Waals surface area contributed by atoms with E-state index in [9.17, 15) is 4.79 Å². The molecule has 2 rings (SSSR count). The molecule has 0 fully saturated rings. The maximum atomic E-state index is 11.7. The first-order chi connectivity index (χ1) is 9.65. The van der Waals surface area contributed by atoms with Crippen LogP contribution in [0.15, 0.2) is 52.0 Å². The van der Waals surface area contributed by atoms with E-state index in [4.69, 9.17) is 16.2 Å². The maximum Gasteiger partial charge on any atom is 0.353 e. The summed E-state index contributed by atoms with van der Waals surface area (Å²) < 4.78 is 5.22. The summed E-state index contributed by atoms with van der Waals surface area (Å²) in [6, 6.07) is 10.3. The monoisotopic (exact) mass is 288 g/mol. The molecule has 1 aromatic heterocycles. The van der Waals surface area contributed by atoms with Crippen molar-refractivity contribution in [3.8, 4) is 5.75 Å². The minimum absolute atomic E-state index is 0.109. The van der Waals surface area contributed by atoms with Gasteiger partial charge in [-0.25, -0.2) is 4.79 Å². The molecule has 0 unspecified atom stereocenters. The van der Waals surface area contributed by atoms with Gasteiger partial charge in [-0.3, -0.25) is 0 Å². The number of guanidine groups is 1. The third kappa shape index (κ3) is 3.92. The van der Waals surface area contributed by atoms with Crippen LogP contribution in [0, 0.1) is 0 Å². The Morgan fingerprint density at radius 2 is 1.95 bits per heavy atom. The molecule has 1 heterocycles. The van der Waals surface area contributed by atoms with Crippen LogP contribution < -0.4 is 16.2 Å². The zero-order valence-corrected chi connectivity index (χ0v) is 11.2. The second-order valence-corrected chi connectivity index (χ2v) is 4.65. The molecule has 0 aliphatic rings. The van der Waals surface area contributed by atoms with E-state index in [1.54, 1.807) is 36.4 Å². The molecule has 0 aliphatic carbocycles. The summed E-state index contributed by atoms with van der Waals surface area (Å²) in [5.41, 5.74) is 11.1. The average Bonchev–Trinajstić information content (AvgIpc) is 2.94. The van der Waals surface area contributed by atoms with E-state index in [1.807, 2.05) is 5.38 Å². The molecule has 20 heavy (non-hydrogen) atoms. The molecule has 6 nitrogen and oxygen atoms in total. The first-order valence-corrected chi connectivity index (χ1v) is 6.51. The molecule has 1 aromatic carbocycles. The first kappa shape index (κ1) is 13.8. The van der Waals surface area contributed by atoms with Crippen LogP contribution in [0.4, 0.5) is 0 Å². The third-order valence-electron chi connectivity index (χ3n) is 2.19. The van der Waals surface area contributed by atoms with E-state index in [-0.39, 0.29) is 11.9 Å². The fraction of sp³-hybridized carbons (Fsp3) is 0. The van der Waals surface area contributed by atoms with Gasteiger partial charge in [-0.05, 0) is 41.3 Å². The van der Waals surface area contributed by atoms with Crippen molar-refractivity contribution in [3.63, 3.8) is 0 Å². The van der Waals surface area contributed by atoms with Crippen molar-refractivity contribution in [3.05, 3.63) is 52.2 Å². The fourth-order valence-electron chi connectivity index (χ4n) is 1.34. The van der Waals surface area contributed by atoms with Crippen LogP contribution in [0.5, 0.6) is 5.75 Å². The lowest BCUT2D eigenvalue weighted by atomic mass is 10.2. The Labute approximate surface area is 119 Å². The number of hydrogen-bond acceptors (Lipinski definition) is 5. The van der Waals surface area contributed by atoms with Crippen LogP contribution in [-0.4, -0.2) is 18.1 Å². The summed E-state index contributed by atoms with van der Waals surface area (Å²) in [7, 11) is 0. The zero-order chi connectivity index (χ0) is 14.4. The van der Waals surface area contributed by atoms with E-state index in [0.717, 1.165) is 5.56 Å². The van der Waals surface area contributed by atoms with Crippen LogP contribution >= 0.6 is 11.3 Å². The number of ether oxygens (including phenoxy) is 1. The standard InChI is InChI=1S/C13H12N4O2S/c14-13(15)17-16-8-9-3-5-10(6-4-9)19-12(18)11-2-1-7-20-11/h1-8H,(H4,14,15,17). The highest BCUT2D eigenvalue weighted by molar-refractivity contribution is 7.12. The first-order valence-electron chi connectivity index (χ1n) is 5.63. The van der Waals surface area contributed by atoms with E-state index < -0.39 is 0 Å². The smallest absolute Gasteiger partial charge is 0.353 e. The van der Waals surface area contributed by atoms with Crippen molar-refractivity contribution in [2.75, 3.05) is 0 Å². The lowest BCUT2D eigenvalue weighted by Crippen LogP contribution is -2.21. The summed E-state index contributed by atoms with van der Waals surface area (Å²) in [6.45, 7) is 0. The summed E-state index contributed by atoms with van der Waals surface area (Å²) in [4.78, 5) is 12.3. The molecule has 2 aromatic rings. The zero-order valence-electron chi connectivity index (χ0n) is 10.4. The maximum absolute atomic E-state index is 11.7. The van der Waals surface area contributed by atoms with Crippen molar-refractivity contribution < 1.29 is 9.53 Å². The summed E-state index contributed by atoms with van der Waals surface area (Å²) in [5.74, 6) is -0.0212. The number of carbonyl (C=O) groups excluding carboxylic acids is 1. The Bertz CT molecular complexity index is 629. The lowest BCUT2D eigenvalue weighted by molar-refractivity contribution is 0.0740. The molecule has 0 saturated heterocycles. The van der Waals surface area contributed by atoms with Gasteiger partial charge in [0.05, 0.1) is 6.21 Å².